The third kappa shape index (κ3) is 3.94. The van der Waals surface area contributed by atoms with E-state index in [2.05, 4.69) is 20.1 Å². The van der Waals surface area contributed by atoms with Crippen molar-refractivity contribution in [3.8, 4) is 0 Å². The molecule has 0 bridgehead atoms. The van der Waals surface area contributed by atoms with Gasteiger partial charge in [0.1, 0.15) is 0 Å². The average Bonchev–Trinajstić information content (AvgIpc) is 3.09. The Labute approximate surface area is 131 Å². The van der Waals surface area contributed by atoms with Gasteiger partial charge in [0.2, 0.25) is 0 Å². The van der Waals surface area contributed by atoms with E-state index < -0.39 is 0 Å². The number of fused-ring (bicyclic) bond motifs is 1. The van der Waals surface area contributed by atoms with Gasteiger partial charge in [-0.25, -0.2) is 4.98 Å². The number of aromatic nitrogens is 1. The molecule has 0 saturated carbocycles. The molecule has 0 radical (unpaired) electrons. The van der Waals surface area contributed by atoms with E-state index in [4.69, 9.17) is 4.74 Å². The first kappa shape index (κ1) is 15.2. The molecule has 3 rings (SSSR count). The molecule has 0 amide bonds. The fourth-order valence-electron chi connectivity index (χ4n) is 3.29. The van der Waals surface area contributed by atoms with Gasteiger partial charge in [-0.1, -0.05) is 0 Å². The summed E-state index contributed by atoms with van der Waals surface area (Å²) in [5.74, 6) is 0. The van der Waals surface area contributed by atoms with Gasteiger partial charge in [0.05, 0.1) is 6.61 Å². The van der Waals surface area contributed by atoms with Crippen molar-refractivity contribution in [1.82, 2.24) is 15.2 Å². The van der Waals surface area contributed by atoms with Gasteiger partial charge in [-0.2, -0.15) is 0 Å². The lowest BCUT2D eigenvalue weighted by Gasteiger charge is -2.25. The summed E-state index contributed by atoms with van der Waals surface area (Å²) in [5.41, 5.74) is 0. The maximum absolute atomic E-state index is 5.05. The highest BCUT2D eigenvalue weighted by atomic mass is 32.1. The summed E-state index contributed by atoms with van der Waals surface area (Å²) in [4.78, 5) is 11.1. The molecule has 5 nitrogen and oxygen atoms in total. The van der Waals surface area contributed by atoms with E-state index in [1.165, 1.54) is 42.4 Å². The highest BCUT2D eigenvalue weighted by Crippen LogP contribution is 2.28. The first-order valence-electron chi connectivity index (χ1n) is 8.00. The molecule has 1 unspecified atom stereocenters. The molecule has 2 saturated heterocycles. The van der Waals surface area contributed by atoms with Crippen molar-refractivity contribution in [2.45, 2.75) is 31.8 Å². The van der Waals surface area contributed by atoms with E-state index in [1.807, 2.05) is 17.5 Å². The summed E-state index contributed by atoms with van der Waals surface area (Å²) in [5, 5.41) is 4.59. The number of ether oxygens (including phenoxy) is 1. The van der Waals surface area contributed by atoms with Gasteiger partial charge in [0, 0.05) is 56.9 Å². The molecule has 3 heterocycles. The summed E-state index contributed by atoms with van der Waals surface area (Å²) in [7, 11) is 1.73. The van der Waals surface area contributed by atoms with E-state index in [-0.39, 0.29) is 0 Å². The zero-order valence-corrected chi connectivity index (χ0v) is 13.7. The highest BCUT2D eigenvalue weighted by molar-refractivity contribution is 7.15. The standard InChI is InChI=1S/C15H26N4OS/c1-20-9-5-16-10-14-11-17-15(21-14)19-8-3-7-18-6-2-4-13(18)12-19/h11,13,16H,2-10,12H2,1H3. The normalized spacial score (nSPS) is 23.3. The lowest BCUT2D eigenvalue weighted by Crippen LogP contribution is -2.36. The minimum atomic E-state index is 0.750. The van der Waals surface area contributed by atoms with Crippen molar-refractivity contribution in [1.29, 1.82) is 0 Å². The number of hydrogen-bond donors (Lipinski definition) is 1. The SMILES string of the molecule is COCCNCc1cnc(N2CCCN3CCCC3C2)s1. The summed E-state index contributed by atoms with van der Waals surface area (Å²) in [6.07, 6.45) is 6.01. The second-order valence-electron chi connectivity index (χ2n) is 5.91. The Hall–Kier alpha value is -0.690. The molecule has 0 spiro atoms. The van der Waals surface area contributed by atoms with Crippen LogP contribution in [0, 0.1) is 0 Å². The molecule has 1 atom stereocenters. The van der Waals surface area contributed by atoms with Crippen molar-refractivity contribution < 1.29 is 4.74 Å². The first-order chi connectivity index (χ1) is 10.4. The largest absolute Gasteiger partial charge is 0.383 e. The molecule has 118 valence electrons. The molecule has 2 aliphatic heterocycles. The molecular formula is C15H26N4OS. The van der Waals surface area contributed by atoms with Crippen molar-refractivity contribution in [2.24, 2.45) is 0 Å². The molecule has 2 aliphatic rings. The van der Waals surface area contributed by atoms with Crippen LogP contribution < -0.4 is 10.2 Å². The summed E-state index contributed by atoms with van der Waals surface area (Å²) >= 11 is 1.83. The molecule has 1 aromatic heterocycles. The Morgan fingerprint density at radius 1 is 1.38 bits per heavy atom. The topological polar surface area (TPSA) is 40.6 Å². The van der Waals surface area contributed by atoms with E-state index in [1.54, 1.807) is 7.11 Å². The monoisotopic (exact) mass is 310 g/mol. The van der Waals surface area contributed by atoms with Crippen molar-refractivity contribution >= 4 is 16.5 Å². The second-order valence-corrected chi connectivity index (χ2v) is 7.00. The smallest absolute Gasteiger partial charge is 0.185 e. The van der Waals surface area contributed by atoms with E-state index in [9.17, 15) is 0 Å². The molecule has 0 aromatic carbocycles. The van der Waals surface area contributed by atoms with Crippen molar-refractivity contribution in [2.75, 3.05) is 51.3 Å². The van der Waals surface area contributed by atoms with Crippen LogP contribution in [0.5, 0.6) is 0 Å². The summed E-state index contributed by atoms with van der Waals surface area (Å²) in [6.45, 7) is 7.41. The van der Waals surface area contributed by atoms with E-state index in [0.717, 1.165) is 38.8 Å². The first-order valence-corrected chi connectivity index (χ1v) is 8.82. The minimum Gasteiger partial charge on any atom is -0.383 e. The van der Waals surface area contributed by atoms with Crippen LogP contribution in [0.2, 0.25) is 0 Å². The van der Waals surface area contributed by atoms with Crippen LogP contribution in [0.25, 0.3) is 0 Å². The third-order valence-electron chi connectivity index (χ3n) is 4.40. The number of anilines is 1. The zero-order chi connectivity index (χ0) is 14.5. The van der Waals surface area contributed by atoms with Crippen molar-refractivity contribution in [3.05, 3.63) is 11.1 Å². The number of thiazole rings is 1. The quantitative estimate of drug-likeness (QED) is 0.808. The van der Waals surface area contributed by atoms with Crippen LogP contribution in [-0.4, -0.2) is 62.4 Å². The van der Waals surface area contributed by atoms with Gasteiger partial charge in [0.25, 0.3) is 0 Å². The molecule has 0 aliphatic carbocycles. The second kappa shape index (κ2) is 7.54. The molecule has 1 N–H and O–H groups in total. The zero-order valence-electron chi connectivity index (χ0n) is 12.9. The fraction of sp³-hybridized carbons (Fsp3) is 0.800. The Morgan fingerprint density at radius 2 is 2.29 bits per heavy atom. The Balaban J connectivity index is 1.55. The Kier molecular flexibility index (Phi) is 5.46. The van der Waals surface area contributed by atoms with Crippen LogP contribution >= 0.6 is 11.3 Å². The average molecular weight is 310 g/mol. The molecule has 1 aromatic rings. The van der Waals surface area contributed by atoms with Gasteiger partial charge in [-0.15, -0.1) is 11.3 Å². The van der Waals surface area contributed by atoms with Crippen LogP contribution in [0.15, 0.2) is 6.20 Å². The van der Waals surface area contributed by atoms with E-state index >= 15 is 0 Å². The number of methoxy groups -OCH3 is 1. The lowest BCUT2D eigenvalue weighted by molar-refractivity contribution is 0.199. The number of nitrogens with one attached hydrogen (secondary N) is 1. The molecule has 6 heteroatoms. The molecular weight excluding hydrogens is 284 g/mol. The highest BCUT2D eigenvalue weighted by Gasteiger charge is 2.29. The Bertz CT molecular complexity index is 439. The van der Waals surface area contributed by atoms with Gasteiger partial charge in [0.15, 0.2) is 5.13 Å². The summed E-state index contributed by atoms with van der Waals surface area (Å²) < 4.78 is 5.05. The van der Waals surface area contributed by atoms with Crippen LogP contribution in [-0.2, 0) is 11.3 Å². The van der Waals surface area contributed by atoms with Gasteiger partial charge < -0.3 is 15.0 Å². The number of nitrogens with zero attached hydrogens (tertiary/aromatic N) is 3. The number of hydrogen-bond acceptors (Lipinski definition) is 6. The van der Waals surface area contributed by atoms with Gasteiger partial charge >= 0.3 is 0 Å². The van der Waals surface area contributed by atoms with Gasteiger partial charge in [-0.3, -0.25) is 4.90 Å². The maximum atomic E-state index is 5.05. The van der Waals surface area contributed by atoms with E-state index in [0.29, 0.717) is 0 Å². The molecule has 2 fully saturated rings. The van der Waals surface area contributed by atoms with Crippen LogP contribution in [0.1, 0.15) is 24.1 Å². The van der Waals surface area contributed by atoms with Crippen LogP contribution in [0.4, 0.5) is 5.13 Å². The predicted molar refractivity (Wildman–Crippen MR) is 87.1 cm³/mol. The lowest BCUT2D eigenvalue weighted by atomic mass is 10.2. The summed E-state index contributed by atoms with van der Waals surface area (Å²) in [6, 6.07) is 0.750. The Morgan fingerprint density at radius 3 is 3.19 bits per heavy atom. The fourth-order valence-corrected chi connectivity index (χ4v) is 4.21. The van der Waals surface area contributed by atoms with Gasteiger partial charge in [-0.05, 0) is 25.8 Å². The number of rotatable bonds is 6. The minimum absolute atomic E-state index is 0.750. The third-order valence-corrected chi connectivity index (χ3v) is 5.46. The van der Waals surface area contributed by atoms with Crippen LogP contribution in [0.3, 0.4) is 0 Å². The maximum Gasteiger partial charge on any atom is 0.185 e. The predicted octanol–water partition coefficient (Wildman–Crippen LogP) is 1.55. The molecule has 21 heavy (non-hydrogen) atoms. The van der Waals surface area contributed by atoms with Crippen molar-refractivity contribution in [3.63, 3.8) is 0 Å².